The summed E-state index contributed by atoms with van der Waals surface area (Å²) in [7, 11) is 1.48. The summed E-state index contributed by atoms with van der Waals surface area (Å²) in [6, 6.07) is 3.25. The first kappa shape index (κ1) is 12.0. The van der Waals surface area contributed by atoms with Gasteiger partial charge in [0.05, 0.1) is 16.5 Å². The van der Waals surface area contributed by atoms with E-state index in [1.54, 1.807) is 12.1 Å². The Morgan fingerprint density at radius 1 is 1.60 bits per heavy atom. The van der Waals surface area contributed by atoms with Gasteiger partial charge in [-0.25, -0.2) is 0 Å². The molecule has 0 N–H and O–H groups in total. The lowest BCUT2D eigenvalue weighted by Crippen LogP contribution is -1.90. The Morgan fingerprint density at radius 2 is 2.27 bits per heavy atom. The normalized spacial score (nSPS) is 10.6. The fourth-order valence-electron chi connectivity index (χ4n) is 1.06. The largest absolute Gasteiger partial charge is 0.495 e. The maximum Gasteiger partial charge on any atom is 0.235 e. The van der Waals surface area contributed by atoms with Crippen LogP contribution >= 0.6 is 27.5 Å². The van der Waals surface area contributed by atoms with Gasteiger partial charge < -0.3 is 4.74 Å². The van der Waals surface area contributed by atoms with E-state index in [1.807, 2.05) is 0 Å². The lowest BCUT2D eigenvalue weighted by Gasteiger charge is -2.07. The van der Waals surface area contributed by atoms with E-state index in [-0.39, 0.29) is 0 Å². The first-order chi connectivity index (χ1) is 7.04. The minimum atomic E-state index is -0.547. The van der Waals surface area contributed by atoms with Gasteiger partial charge in [-0.05, 0) is 28.1 Å². The van der Waals surface area contributed by atoms with Crippen LogP contribution in [0.1, 0.15) is 5.56 Å². The van der Waals surface area contributed by atoms with Crippen molar-refractivity contribution in [1.29, 1.82) is 0 Å². The third-order valence-corrected chi connectivity index (χ3v) is 2.42. The van der Waals surface area contributed by atoms with Gasteiger partial charge in [0.2, 0.25) is 6.20 Å². The SMILES string of the molecule is COc1c(Br)cc(Cl)cc1/C=C/[N+](=O)[O-]. The number of rotatable bonds is 3. The zero-order chi connectivity index (χ0) is 11.4. The van der Waals surface area contributed by atoms with Crippen molar-refractivity contribution in [2.24, 2.45) is 0 Å². The molecule has 6 heteroatoms. The number of hydrogen-bond acceptors (Lipinski definition) is 3. The average molecular weight is 293 g/mol. The van der Waals surface area contributed by atoms with Crippen molar-refractivity contribution in [2.75, 3.05) is 7.11 Å². The van der Waals surface area contributed by atoms with Gasteiger partial charge in [0.15, 0.2) is 0 Å². The number of hydrogen-bond donors (Lipinski definition) is 0. The van der Waals surface area contributed by atoms with Gasteiger partial charge in [0.1, 0.15) is 5.75 Å². The summed E-state index contributed by atoms with van der Waals surface area (Å²) in [6.45, 7) is 0. The summed E-state index contributed by atoms with van der Waals surface area (Å²) < 4.78 is 5.74. The van der Waals surface area contributed by atoms with Crippen molar-refractivity contribution in [3.05, 3.63) is 43.5 Å². The van der Waals surface area contributed by atoms with E-state index >= 15 is 0 Å². The Balaban J connectivity index is 3.20. The van der Waals surface area contributed by atoms with Crippen LogP contribution in [0.2, 0.25) is 5.02 Å². The van der Waals surface area contributed by atoms with Crippen LogP contribution in [-0.4, -0.2) is 12.0 Å². The van der Waals surface area contributed by atoms with Gasteiger partial charge in [0.25, 0.3) is 0 Å². The highest BCUT2D eigenvalue weighted by atomic mass is 79.9. The average Bonchev–Trinajstić information content (AvgIpc) is 2.13. The standard InChI is InChI=1S/C9H7BrClNO3/c1-15-9-6(2-3-12(13)14)4-7(11)5-8(9)10/h2-5H,1H3/b3-2+. The molecule has 0 bridgehead atoms. The minimum Gasteiger partial charge on any atom is -0.495 e. The van der Waals surface area contributed by atoms with Crippen molar-refractivity contribution >= 4 is 33.6 Å². The summed E-state index contributed by atoms with van der Waals surface area (Å²) in [5.41, 5.74) is 0.550. The van der Waals surface area contributed by atoms with Gasteiger partial charge in [-0.2, -0.15) is 0 Å². The summed E-state index contributed by atoms with van der Waals surface area (Å²) in [6.07, 6.45) is 2.16. The van der Waals surface area contributed by atoms with E-state index < -0.39 is 4.92 Å². The molecule has 0 aromatic heterocycles. The molecule has 0 saturated heterocycles. The van der Waals surface area contributed by atoms with E-state index in [4.69, 9.17) is 16.3 Å². The molecule has 0 aliphatic heterocycles. The second kappa shape index (κ2) is 5.14. The van der Waals surface area contributed by atoms with Crippen molar-refractivity contribution in [3.8, 4) is 5.75 Å². The first-order valence-electron chi connectivity index (χ1n) is 3.89. The second-order valence-corrected chi connectivity index (χ2v) is 3.90. The van der Waals surface area contributed by atoms with E-state index in [1.165, 1.54) is 13.2 Å². The Kier molecular flexibility index (Phi) is 4.11. The number of methoxy groups -OCH3 is 1. The van der Waals surface area contributed by atoms with Crippen molar-refractivity contribution < 1.29 is 9.66 Å². The maximum atomic E-state index is 10.2. The molecule has 0 amide bonds. The lowest BCUT2D eigenvalue weighted by molar-refractivity contribution is -0.400. The van der Waals surface area contributed by atoms with Crippen LogP contribution in [0.15, 0.2) is 22.8 Å². The highest BCUT2D eigenvalue weighted by molar-refractivity contribution is 9.10. The minimum absolute atomic E-state index is 0.477. The molecule has 1 aromatic carbocycles. The molecule has 4 nitrogen and oxygen atoms in total. The zero-order valence-corrected chi connectivity index (χ0v) is 10.1. The van der Waals surface area contributed by atoms with E-state index in [9.17, 15) is 10.1 Å². The quantitative estimate of drug-likeness (QED) is 0.634. The fraction of sp³-hybridized carbons (Fsp3) is 0.111. The third kappa shape index (κ3) is 3.21. The monoisotopic (exact) mass is 291 g/mol. The molecule has 0 aliphatic rings. The van der Waals surface area contributed by atoms with Crippen LogP contribution in [0.5, 0.6) is 5.75 Å². The first-order valence-corrected chi connectivity index (χ1v) is 5.06. The molecular weight excluding hydrogens is 285 g/mol. The molecule has 0 heterocycles. The van der Waals surface area contributed by atoms with Crippen LogP contribution < -0.4 is 4.74 Å². The van der Waals surface area contributed by atoms with Crippen molar-refractivity contribution in [1.82, 2.24) is 0 Å². The number of benzene rings is 1. The smallest absolute Gasteiger partial charge is 0.235 e. The van der Waals surface area contributed by atoms with Gasteiger partial charge in [-0.15, -0.1) is 0 Å². The zero-order valence-electron chi connectivity index (χ0n) is 7.74. The number of halogens is 2. The Hall–Kier alpha value is -1.07. The van der Waals surface area contributed by atoms with Crippen LogP contribution in [0.3, 0.4) is 0 Å². The van der Waals surface area contributed by atoms with Crippen LogP contribution in [0.4, 0.5) is 0 Å². The predicted molar refractivity (Wildman–Crippen MR) is 61.7 cm³/mol. The van der Waals surface area contributed by atoms with E-state index in [0.29, 0.717) is 20.8 Å². The molecule has 0 spiro atoms. The van der Waals surface area contributed by atoms with Crippen LogP contribution in [-0.2, 0) is 0 Å². The van der Waals surface area contributed by atoms with Gasteiger partial charge in [-0.1, -0.05) is 11.6 Å². The summed E-state index contributed by atoms with van der Waals surface area (Å²) >= 11 is 9.06. The molecular formula is C9H7BrClNO3. The van der Waals surface area contributed by atoms with Crippen molar-refractivity contribution in [2.45, 2.75) is 0 Å². The molecule has 80 valence electrons. The molecule has 0 fully saturated rings. The van der Waals surface area contributed by atoms with Crippen LogP contribution in [0.25, 0.3) is 6.08 Å². The molecule has 1 rings (SSSR count). The summed E-state index contributed by atoms with van der Waals surface area (Å²) in [4.78, 5) is 9.63. The molecule has 0 radical (unpaired) electrons. The predicted octanol–water partition coefficient (Wildman–Crippen LogP) is 3.36. The van der Waals surface area contributed by atoms with Crippen molar-refractivity contribution in [3.63, 3.8) is 0 Å². The third-order valence-electron chi connectivity index (χ3n) is 1.62. The van der Waals surface area contributed by atoms with Gasteiger partial charge in [-0.3, -0.25) is 10.1 Å². The Morgan fingerprint density at radius 3 is 2.80 bits per heavy atom. The number of ether oxygens (including phenoxy) is 1. The summed E-state index contributed by atoms with van der Waals surface area (Å²) in [5.74, 6) is 0.512. The Labute approximate surface area is 99.8 Å². The number of nitro groups is 1. The topological polar surface area (TPSA) is 52.4 Å². The fourth-order valence-corrected chi connectivity index (χ4v) is 2.06. The molecule has 0 aliphatic carbocycles. The Bertz CT molecular complexity index is 420. The molecule has 0 atom stereocenters. The molecule has 0 saturated carbocycles. The number of nitrogens with zero attached hydrogens (tertiary/aromatic N) is 1. The van der Waals surface area contributed by atoms with E-state index in [0.717, 1.165) is 6.20 Å². The maximum absolute atomic E-state index is 10.2. The lowest BCUT2D eigenvalue weighted by atomic mass is 10.2. The van der Waals surface area contributed by atoms with Gasteiger partial charge in [0, 0.05) is 16.7 Å². The molecule has 15 heavy (non-hydrogen) atoms. The molecule has 0 unspecified atom stereocenters. The molecule has 1 aromatic rings. The highest BCUT2D eigenvalue weighted by Crippen LogP contribution is 2.33. The van der Waals surface area contributed by atoms with Crippen LogP contribution in [0, 0.1) is 10.1 Å². The highest BCUT2D eigenvalue weighted by Gasteiger charge is 2.07. The second-order valence-electron chi connectivity index (χ2n) is 2.61. The van der Waals surface area contributed by atoms with E-state index in [2.05, 4.69) is 15.9 Å². The van der Waals surface area contributed by atoms with Gasteiger partial charge >= 0.3 is 0 Å². The summed E-state index contributed by atoms with van der Waals surface area (Å²) in [5, 5.41) is 10.7.